The fraction of sp³-hybridized carbons (Fsp3) is 0.419. The molecule has 0 unspecified atom stereocenters. The Labute approximate surface area is 243 Å². The van der Waals surface area contributed by atoms with E-state index in [1.165, 1.54) is 17.1 Å². The van der Waals surface area contributed by atoms with Crippen molar-refractivity contribution in [2.24, 2.45) is 5.92 Å². The van der Waals surface area contributed by atoms with Crippen LogP contribution in [0.4, 0.5) is 17.1 Å². The van der Waals surface area contributed by atoms with Crippen molar-refractivity contribution in [3.05, 3.63) is 71.4 Å². The average Bonchev–Trinajstić information content (AvgIpc) is 3.78. The Morgan fingerprint density at radius 2 is 1.69 bits per heavy atom. The lowest BCUT2D eigenvalue weighted by Gasteiger charge is -2.38. The molecule has 1 amide bonds. The van der Waals surface area contributed by atoms with Crippen LogP contribution >= 0.6 is 0 Å². The molecule has 3 fully saturated rings. The third-order valence-corrected chi connectivity index (χ3v) is 8.55. The fourth-order valence-corrected chi connectivity index (χ4v) is 5.94. The molecule has 0 atom stereocenters. The molecule has 2 N–H and O–H groups in total. The summed E-state index contributed by atoms with van der Waals surface area (Å²) in [5, 5.41) is 19.6. The van der Waals surface area contributed by atoms with Crippen LogP contribution < -0.4 is 15.8 Å². The number of hydrogen-bond donors (Lipinski definition) is 2. The van der Waals surface area contributed by atoms with Gasteiger partial charge in [-0.3, -0.25) is 14.2 Å². The van der Waals surface area contributed by atoms with Crippen LogP contribution in [0.5, 0.6) is 0 Å². The molecule has 1 saturated carbocycles. The van der Waals surface area contributed by atoms with Gasteiger partial charge in [0.05, 0.1) is 37.2 Å². The predicted octanol–water partition coefficient (Wildman–Crippen LogP) is 2.93. The van der Waals surface area contributed by atoms with Crippen molar-refractivity contribution in [1.29, 1.82) is 0 Å². The van der Waals surface area contributed by atoms with Gasteiger partial charge in [0.15, 0.2) is 5.65 Å². The SMILES string of the molecule is O=C(C1CC1)N1CCC(O)(Cn2cnc3c(cnn3-c3cccc(Nc4cccc(N5CCOCC5)c4)c3)c2=O)CC1. The maximum Gasteiger partial charge on any atom is 0.264 e. The Morgan fingerprint density at radius 3 is 2.40 bits per heavy atom. The highest BCUT2D eigenvalue weighted by Crippen LogP contribution is 2.33. The van der Waals surface area contributed by atoms with Gasteiger partial charge in [-0.25, -0.2) is 9.67 Å². The van der Waals surface area contributed by atoms with Crippen molar-refractivity contribution in [1.82, 2.24) is 24.2 Å². The number of aromatic nitrogens is 4. The zero-order valence-corrected chi connectivity index (χ0v) is 23.5. The molecule has 42 heavy (non-hydrogen) atoms. The van der Waals surface area contributed by atoms with E-state index in [0.717, 1.165) is 61.9 Å². The minimum atomic E-state index is -1.06. The second kappa shape index (κ2) is 10.9. The minimum absolute atomic E-state index is 0.133. The Hall–Kier alpha value is -4.22. The van der Waals surface area contributed by atoms with Crippen LogP contribution in [0, 0.1) is 5.92 Å². The van der Waals surface area contributed by atoms with Crippen LogP contribution in [-0.2, 0) is 16.1 Å². The summed E-state index contributed by atoms with van der Waals surface area (Å²) >= 11 is 0. The fourth-order valence-electron chi connectivity index (χ4n) is 5.94. The smallest absolute Gasteiger partial charge is 0.264 e. The molecule has 4 aromatic rings. The number of aliphatic hydroxyl groups is 1. The maximum atomic E-state index is 13.4. The van der Waals surface area contributed by atoms with Gasteiger partial charge in [0.2, 0.25) is 5.91 Å². The Bertz CT molecular complexity index is 1660. The highest BCUT2D eigenvalue weighted by atomic mass is 16.5. The monoisotopic (exact) mass is 569 g/mol. The first-order valence-corrected chi connectivity index (χ1v) is 14.7. The van der Waals surface area contributed by atoms with Gasteiger partial charge < -0.3 is 25.0 Å². The quantitative estimate of drug-likeness (QED) is 0.349. The number of likely N-dealkylation sites (tertiary alicyclic amines) is 1. The highest BCUT2D eigenvalue weighted by Gasteiger charge is 2.39. The number of rotatable bonds is 7. The summed E-state index contributed by atoms with van der Waals surface area (Å²) in [5.74, 6) is 0.371. The molecule has 2 aromatic carbocycles. The van der Waals surface area contributed by atoms with E-state index in [-0.39, 0.29) is 23.9 Å². The number of fused-ring (bicyclic) bond motifs is 1. The molecular weight excluding hydrogens is 534 g/mol. The summed E-state index contributed by atoms with van der Waals surface area (Å²) in [4.78, 5) is 34.5. The lowest BCUT2D eigenvalue weighted by atomic mass is 9.91. The van der Waals surface area contributed by atoms with Gasteiger partial charge >= 0.3 is 0 Å². The largest absolute Gasteiger partial charge is 0.388 e. The molecule has 2 aromatic heterocycles. The highest BCUT2D eigenvalue weighted by molar-refractivity contribution is 5.81. The van der Waals surface area contributed by atoms with E-state index in [1.54, 1.807) is 4.68 Å². The van der Waals surface area contributed by atoms with Crippen molar-refractivity contribution >= 4 is 34.0 Å². The van der Waals surface area contributed by atoms with Crippen molar-refractivity contribution in [3.63, 3.8) is 0 Å². The molecule has 0 radical (unpaired) electrons. The number of morpholine rings is 1. The first kappa shape index (κ1) is 26.7. The molecule has 7 rings (SSSR count). The number of ether oxygens (including phenoxy) is 1. The summed E-state index contributed by atoms with van der Waals surface area (Å²) in [6, 6.07) is 16.1. The van der Waals surface area contributed by atoms with Crippen LogP contribution in [0.15, 0.2) is 65.8 Å². The standard InChI is InChI=1S/C31H35N7O4/c39-29(22-7-8-22)36-11-9-31(41,10-12-36)20-37-21-32-28-27(30(37)40)19-33-38(28)26-6-2-4-24(18-26)34-23-3-1-5-25(17-23)35-13-15-42-16-14-35/h1-6,17-19,21-22,34,41H,7-16,20H2. The van der Waals surface area contributed by atoms with E-state index in [0.29, 0.717) is 37.0 Å². The van der Waals surface area contributed by atoms with Gasteiger partial charge in [-0.2, -0.15) is 5.10 Å². The predicted molar refractivity (Wildman–Crippen MR) is 159 cm³/mol. The Kier molecular flexibility index (Phi) is 6.91. The zero-order valence-electron chi connectivity index (χ0n) is 23.5. The van der Waals surface area contributed by atoms with Gasteiger partial charge in [0.1, 0.15) is 11.7 Å². The van der Waals surface area contributed by atoms with E-state index in [4.69, 9.17) is 4.74 Å². The molecule has 2 saturated heterocycles. The van der Waals surface area contributed by atoms with Crippen LogP contribution in [-0.4, -0.2) is 80.2 Å². The number of nitrogens with one attached hydrogen (secondary N) is 1. The number of piperidine rings is 1. The van der Waals surface area contributed by atoms with Gasteiger partial charge in [0, 0.05) is 49.2 Å². The molecule has 0 bridgehead atoms. The van der Waals surface area contributed by atoms with Crippen LogP contribution in [0.2, 0.25) is 0 Å². The van der Waals surface area contributed by atoms with Gasteiger partial charge in [-0.1, -0.05) is 12.1 Å². The van der Waals surface area contributed by atoms with Crippen molar-refractivity contribution < 1.29 is 14.6 Å². The van der Waals surface area contributed by atoms with E-state index < -0.39 is 5.60 Å². The second-order valence-corrected chi connectivity index (χ2v) is 11.6. The van der Waals surface area contributed by atoms with Crippen LogP contribution in [0.25, 0.3) is 16.7 Å². The zero-order chi connectivity index (χ0) is 28.7. The van der Waals surface area contributed by atoms with E-state index in [1.807, 2.05) is 41.3 Å². The topological polar surface area (TPSA) is 118 Å². The molecule has 1 aliphatic carbocycles. The van der Waals surface area contributed by atoms with E-state index in [2.05, 4.69) is 32.4 Å². The molecular formula is C31H35N7O4. The number of nitrogens with zero attached hydrogens (tertiary/aromatic N) is 6. The number of carbonyl (C=O) groups excluding carboxylic acids is 1. The molecule has 4 heterocycles. The first-order chi connectivity index (χ1) is 20.5. The Morgan fingerprint density at radius 1 is 1.00 bits per heavy atom. The average molecular weight is 570 g/mol. The first-order valence-electron chi connectivity index (χ1n) is 14.7. The van der Waals surface area contributed by atoms with Crippen molar-refractivity contribution in [3.8, 4) is 5.69 Å². The molecule has 11 nitrogen and oxygen atoms in total. The second-order valence-electron chi connectivity index (χ2n) is 11.6. The lowest BCUT2D eigenvalue weighted by molar-refractivity contribution is -0.137. The Balaban J connectivity index is 1.07. The number of anilines is 3. The summed E-state index contributed by atoms with van der Waals surface area (Å²) in [5.41, 5.74) is 2.94. The minimum Gasteiger partial charge on any atom is -0.388 e. The third-order valence-electron chi connectivity index (χ3n) is 8.55. The summed E-state index contributed by atoms with van der Waals surface area (Å²) in [7, 11) is 0. The lowest BCUT2D eigenvalue weighted by Crippen LogP contribution is -2.50. The molecule has 0 spiro atoms. The van der Waals surface area contributed by atoms with E-state index >= 15 is 0 Å². The van der Waals surface area contributed by atoms with Crippen molar-refractivity contribution in [2.45, 2.75) is 37.8 Å². The maximum absolute atomic E-state index is 13.4. The van der Waals surface area contributed by atoms with Gasteiger partial charge in [0.25, 0.3) is 5.56 Å². The van der Waals surface area contributed by atoms with Crippen LogP contribution in [0.1, 0.15) is 25.7 Å². The number of benzene rings is 2. The molecule has 11 heteroatoms. The van der Waals surface area contributed by atoms with Crippen LogP contribution in [0.3, 0.4) is 0 Å². The summed E-state index contributed by atoms with van der Waals surface area (Å²) < 4.78 is 8.61. The van der Waals surface area contributed by atoms with E-state index in [9.17, 15) is 14.7 Å². The summed E-state index contributed by atoms with van der Waals surface area (Å²) in [6.07, 6.45) is 5.83. The number of carbonyl (C=O) groups is 1. The normalized spacial score (nSPS) is 18.8. The number of hydrogen-bond acceptors (Lipinski definition) is 8. The molecule has 218 valence electrons. The molecule has 2 aliphatic heterocycles. The molecule has 3 aliphatic rings. The summed E-state index contributed by atoms with van der Waals surface area (Å²) in [6.45, 7) is 4.37. The third kappa shape index (κ3) is 5.37. The number of amides is 1. The van der Waals surface area contributed by atoms with Gasteiger partial charge in [-0.15, -0.1) is 0 Å². The van der Waals surface area contributed by atoms with Crippen molar-refractivity contribution in [2.75, 3.05) is 49.6 Å². The van der Waals surface area contributed by atoms with Gasteiger partial charge in [-0.05, 0) is 62.1 Å².